The van der Waals surface area contributed by atoms with Gasteiger partial charge >= 0.3 is 6.03 Å². The Labute approximate surface area is 124 Å². The molecule has 9 heteroatoms. The van der Waals surface area contributed by atoms with Gasteiger partial charge in [-0.25, -0.2) is 4.79 Å². The third-order valence-corrected chi connectivity index (χ3v) is 4.19. The van der Waals surface area contributed by atoms with Gasteiger partial charge in [-0.05, 0) is 19.1 Å². The van der Waals surface area contributed by atoms with Crippen molar-refractivity contribution < 1.29 is 14.0 Å². The molecule has 3 amide bonds. The number of urea groups is 1. The number of rotatable bonds is 4. The molecule has 2 aromatic heterocycles. The summed E-state index contributed by atoms with van der Waals surface area (Å²) >= 11 is 1.29. The summed E-state index contributed by atoms with van der Waals surface area (Å²) in [5, 5.41) is 14.5. The van der Waals surface area contributed by atoms with Gasteiger partial charge in [0.15, 0.2) is 5.54 Å². The first-order valence-electron chi connectivity index (χ1n) is 6.23. The Kier molecular flexibility index (Phi) is 3.13. The van der Waals surface area contributed by atoms with E-state index in [1.165, 1.54) is 17.6 Å². The molecule has 0 aliphatic carbocycles. The maximum absolute atomic E-state index is 12.5. The van der Waals surface area contributed by atoms with E-state index in [2.05, 4.69) is 20.8 Å². The molecule has 1 aliphatic rings. The lowest BCUT2D eigenvalue weighted by atomic mass is 9.99. The first-order valence-corrected chi connectivity index (χ1v) is 7.04. The monoisotopic (exact) mass is 307 g/mol. The van der Waals surface area contributed by atoms with E-state index in [-0.39, 0.29) is 12.5 Å². The van der Waals surface area contributed by atoms with Crippen LogP contribution in [0.3, 0.4) is 0 Å². The number of carbonyl (C=O) groups is 2. The molecule has 21 heavy (non-hydrogen) atoms. The van der Waals surface area contributed by atoms with Gasteiger partial charge in [0, 0.05) is 7.05 Å². The standard InChI is InChI=1S/C12H13N5O3S/c1-12(7-4-3-5-20-7)9(18)17(11(19)14-12)6-8-15-16-10(13-2)21-8/h3-5H,6H2,1-2H3,(H,13,16)(H,14,19). The number of aromatic nitrogens is 2. The molecular formula is C12H13N5O3S. The number of nitrogens with zero attached hydrogens (tertiary/aromatic N) is 3. The average Bonchev–Trinajstić information content (AvgIpc) is 3.17. The largest absolute Gasteiger partial charge is 0.466 e. The van der Waals surface area contributed by atoms with Crippen LogP contribution >= 0.6 is 11.3 Å². The van der Waals surface area contributed by atoms with E-state index in [9.17, 15) is 9.59 Å². The van der Waals surface area contributed by atoms with Crippen LogP contribution in [0.1, 0.15) is 17.7 Å². The number of nitrogens with one attached hydrogen (secondary N) is 2. The van der Waals surface area contributed by atoms with Crippen molar-refractivity contribution in [3.05, 3.63) is 29.2 Å². The van der Waals surface area contributed by atoms with E-state index in [4.69, 9.17) is 4.42 Å². The molecule has 1 saturated heterocycles. The van der Waals surface area contributed by atoms with Gasteiger partial charge in [0.25, 0.3) is 5.91 Å². The van der Waals surface area contributed by atoms with Crippen LogP contribution in [0.4, 0.5) is 9.93 Å². The normalized spacial score (nSPS) is 21.7. The SMILES string of the molecule is CNc1nnc(CN2C(=O)NC(C)(c3ccco3)C2=O)s1. The van der Waals surface area contributed by atoms with Crippen LogP contribution in [0, 0.1) is 0 Å². The molecular weight excluding hydrogens is 294 g/mol. The molecule has 1 aliphatic heterocycles. The van der Waals surface area contributed by atoms with Crippen LogP contribution in [-0.4, -0.2) is 34.1 Å². The van der Waals surface area contributed by atoms with Gasteiger partial charge in [-0.15, -0.1) is 10.2 Å². The molecule has 3 heterocycles. The van der Waals surface area contributed by atoms with Crippen LogP contribution in [0.2, 0.25) is 0 Å². The zero-order chi connectivity index (χ0) is 15.0. The molecule has 0 bridgehead atoms. The predicted molar refractivity (Wildman–Crippen MR) is 74.6 cm³/mol. The third kappa shape index (κ3) is 2.15. The van der Waals surface area contributed by atoms with Crippen LogP contribution in [-0.2, 0) is 16.9 Å². The zero-order valence-electron chi connectivity index (χ0n) is 11.4. The minimum atomic E-state index is -1.18. The fourth-order valence-electron chi connectivity index (χ4n) is 2.12. The predicted octanol–water partition coefficient (Wildman–Crippen LogP) is 1.14. The van der Waals surface area contributed by atoms with Crippen molar-refractivity contribution in [3.63, 3.8) is 0 Å². The summed E-state index contributed by atoms with van der Waals surface area (Å²) in [4.78, 5) is 25.7. The maximum Gasteiger partial charge on any atom is 0.325 e. The van der Waals surface area contributed by atoms with E-state index in [1.807, 2.05) is 0 Å². The summed E-state index contributed by atoms with van der Waals surface area (Å²) in [6.07, 6.45) is 1.46. The Bertz CT molecular complexity index is 683. The average molecular weight is 307 g/mol. The molecule has 1 fully saturated rings. The van der Waals surface area contributed by atoms with E-state index in [0.29, 0.717) is 15.9 Å². The highest BCUT2D eigenvalue weighted by Crippen LogP contribution is 2.30. The first kappa shape index (κ1) is 13.6. The van der Waals surface area contributed by atoms with Gasteiger partial charge in [-0.2, -0.15) is 0 Å². The summed E-state index contributed by atoms with van der Waals surface area (Å²) in [5.41, 5.74) is -1.18. The number of hydrogen-bond acceptors (Lipinski definition) is 7. The van der Waals surface area contributed by atoms with Gasteiger partial charge in [0.1, 0.15) is 10.8 Å². The smallest absolute Gasteiger partial charge is 0.325 e. The van der Waals surface area contributed by atoms with Crippen LogP contribution in [0.25, 0.3) is 0 Å². The number of furan rings is 1. The second kappa shape index (κ2) is 4.85. The van der Waals surface area contributed by atoms with E-state index in [0.717, 1.165) is 4.90 Å². The maximum atomic E-state index is 12.5. The molecule has 0 saturated carbocycles. The Morgan fingerprint density at radius 2 is 2.29 bits per heavy atom. The van der Waals surface area contributed by atoms with Crippen molar-refractivity contribution in [2.45, 2.75) is 19.0 Å². The van der Waals surface area contributed by atoms with Gasteiger partial charge < -0.3 is 15.1 Å². The third-order valence-electron chi connectivity index (χ3n) is 3.26. The van der Waals surface area contributed by atoms with E-state index in [1.54, 1.807) is 26.1 Å². The Morgan fingerprint density at radius 1 is 1.48 bits per heavy atom. The molecule has 0 radical (unpaired) electrons. The summed E-state index contributed by atoms with van der Waals surface area (Å²) in [6.45, 7) is 1.70. The second-order valence-corrected chi connectivity index (χ2v) is 5.74. The number of anilines is 1. The Morgan fingerprint density at radius 3 is 2.90 bits per heavy atom. The highest BCUT2D eigenvalue weighted by molar-refractivity contribution is 7.15. The van der Waals surface area contributed by atoms with Crippen LogP contribution in [0.5, 0.6) is 0 Å². The molecule has 110 valence electrons. The topological polar surface area (TPSA) is 100 Å². The Balaban J connectivity index is 1.84. The van der Waals surface area contributed by atoms with Gasteiger partial charge in [-0.1, -0.05) is 11.3 Å². The highest BCUT2D eigenvalue weighted by Gasteiger charge is 2.51. The number of amides is 3. The van der Waals surface area contributed by atoms with Gasteiger partial charge in [-0.3, -0.25) is 9.69 Å². The van der Waals surface area contributed by atoms with E-state index >= 15 is 0 Å². The van der Waals surface area contributed by atoms with E-state index < -0.39 is 11.6 Å². The minimum absolute atomic E-state index is 0.0836. The second-order valence-electron chi connectivity index (χ2n) is 4.67. The van der Waals surface area contributed by atoms with Crippen molar-refractivity contribution in [2.24, 2.45) is 0 Å². The quantitative estimate of drug-likeness (QED) is 0.822. The van der Waals surface area contributed by atoms with Gasteiger partial charge in [0.2, 0.25) is 5.13 Å². The number of imide groups is 1. The minimum Gasteiger partial charge on any atom is -0.466 e. The van der Waals surface area contributed by atoms with Crippen molar-refractivity contribution in [3.8, 4) is 0 Å². The summed E-state index contributed by atoms with van der Waals surface area (Å²) < 4.78 is 5.26. The zero-order valence-corrected chi connectivity index (χ0v) is 12.2. The van der Waals surface area contributed by atoms with Crippen molar-refractivity contribution in [1.82, 2.24) is 20.4 Å². The fraction of sp³-hybridized carbons (Fsp3) is 0.333. The number of hydrogen-bond donors (Lipinski definition) is 2. The molecule has 0 spiro atoms. The molecule has 1 atom stereocenters. The van der Waals surface area contributed by atoms with Crippen LogP contribution < -0.4 is 10.6 Å². The van der Waals surface area contributed by atoms with Gasteiger partial charge in [0.05, 0.1) is 12.8 Å². The highest BCUT2D eigenvalue weighted by atomic mass is 32.1. The summed E-state index contributed by atoms with van der Waals surface area (Å²) in [6, 6.07) is 2.86. The molecule has 1 unspecified atom stereocenters. The van der Waals surface area contributed by atoms with Crippen LogP contribution in [0.15, 0.2) is 22.8 Å². The lowest BCUT2D eigenvalue weighted by Gasteiger charge is -2.18. The molecule has 0 aromatic carbocycles. The van der Waals surface area contributed by atoms with Crippen molar-refractivity contribution in [2.75, 3.05) is 12.4 Å². The first-order chi connectivity index (χ1) is 10.0. The molecule has 3 rings (SSSR count). The summed E-state index contributed by atoms with van der Waals surface area (Å²) in [7, 11) is 1.73. The van der Waals surface area contributed by atoms with Crippen molar-refractivity contribution >= 4 is 28.4 Å². The summed E-state index contributed by atoms with van der Waals surface area (Å²) in [5.74, 6) is 0.0279. The molecule has 2 aromatic rings. The van der Waals surface area contributed by atoms with Crippen molar-refractivity contribution in [1.29, 1.82) is 0 Å². The lowest BCUT2D eigenvalue weighted by molar-refractivity contribution is -0.132. The molecule has 8 nitrogen and oxygen atoms in total. The molecule has 2 N–H and O–H groups in total. The Hall–Kier alpha value is -2.42. The number of carbonyl (C=O) groups excluding carboxylic acids is 2. The lowest BCUT2D eigenvalue weighted by Crippen LogP contribution is -2.40. The fourth-order valence-corrected chi connectivity index (χ4v) is 2.81.